The number of carbonyl (C=O) groups is 1. The van der Waals surface area contributed by atoms with Crippen molar-refractivity contribution in [1.29, 1.82) is 0 Å². The summed E-state index contributed by atoms with van der Waals surface area (Å²) in [5.41, 5.74) is 1.93. The van der Waals surface area contributed by atoms with Crippen LogP contribution in [0.2, 0.25) is 0 Å². The van der Waals surface area contributed by atoms with E-state index in [-0.39, 0.29) is 5.41 Å². The van der Waals surface area contributed by atoms with Gasteiger partial charge in [0.1, 0.15) is 0 Å². The predicted octanol–water partition coefficient (Wildman–Crippen LogP) is 4.77. The van der Waals surface area contributed by atoms with Crippen molar-refractivity contribution < 1.29 is 4.79 Å². The Labute approximate surface area is 134 Å². The fourth-order valence-corrected chi connectivity index (χ4v) is 6.69. The number of carbonyl (C=O) groups excluding carboxylic acids is 1. The molecule has 0 N–H and O–H groups in total. The van der Waals surface area contributed by atoms with E-state index in [2.05, 4.69) is 19.8 Å². The van der Waals surface area contributed by atoms with Gasteiger partial charge in [-0.05, 0) is 87.0 Å². The van der Waals surface area contributed by atoms with Crippen LogP contribution in [-0.2, 0) is 4.79 Å². The molecule has 4 rings (SSSR count). The summed E-state index contributed by atoms with van der Waals surface area (Å²) < 4.78 is 0. The molecule has 0 aromatic carbocycles. The zero-order valence-corrected chi connectivity index (χ0v) is 14.0. The lowest BCUT2D eigenvalue weighted by Crippen LogP contribution is -2.48. The minimum Gasteiger partial charge on any atom is -0.295 e. The highest BCUT2D eigenvalue weighted by molar-refractivity contribution is 5.91. The van der Waals surface area contributed by atoms with Crippen molar-refractivity contribution in [2.45, 2.75) is 65.2 Å². The highest BCUT2D eigenvalue weighted by Crippen LogP contribution is 2.67. The van der Waals surface area contributed by atoms with Crippen molar-refractivity contribution in [1.82, 2.24) is 0 Å². The number of fused-ring (bicyclic) bond motifs is 5. The molecular formula is C21H28O. The molecule has 3 saturated carbocycles. The van der Waals surface area contributed by atoms with E-state index in [9.17, 15) is 4.79 Å². The summed E-state index contributed by atoms with van der Waals surface area (Å²) in [6.45, 7) is 4.82. The van der Waals surface area contributed by atoms with Crippen molar-refractivity contribution >= 4 is 5.78 Å². The first-order valence-electron chi connectivity index (χ1n) is 9.19. The van der Waals surface area contributed by atoms with Crippen molar-refractivity contribution in [2.24, 2.45) is 34.5 Å². The van der Waals surface area contributed by atoms with Crippen LogP contribution in [0.25, 0.3) is 0 Å². The largest absolute Gasteiger partial charge is 0.295 e. The normalized spacial score (nSPS) is 50.4. The number of rotatable bonds is 0. The molecule has 0 heterocycles. The van der Waals surface area contributed by atoms with Gasteiger partial charge in [0.05, 0.1) is 0 Å². The first kappa shape index (κ1) is 14.6. The van der Waals surface area contributed by atoms with Gasteiger partial charge in [-0.15, -0.1) is 6.42 Å². The molecule has 0 unspecified atom stereocenters. The molecule has 22 heavy (non-hydrogen) atoms. The second-order valence-corrected chi connectivity index (χ2v) is 8.77. The maximum atomic E-state index is 11.7. The third-order valence-corrected chi connectivity index (χ3v) is 8.22. The second kappa shape index (κ2) is 4.73. The highest BCUT2D eigenvalue weighted by atomic mass is 16.1. The van der Waals surface area contributed by atoms with Crippen LogP contribution in [0.1, 0.15) is 65.2 Å². The van der Waals surface area contributed by atoms with Gasteiger partial charge >= 0.3 is 0 Å². The lowest BCUT2D eigenvalue weighted by atomic mass is 9.49. The first-order chi connectivity index (χ1) is 10.5. The lowest BCUT2D eigenvalue weighted by Gasteiger charge is -2.55. The van der Waals surface area contributed by atoms with Gasteiger partial charge in [0, 0.05) is 11.8 Å². The van der Waals surface area contributed by atoms with Gasteiger partial charge in [-0.25, -0.2) is 0 Å². The number of allylic oxidation sites excluding steroid dienone is 1. The second-order valence-electron chi connectivity index (χ2n) is 8.77. The summed E-state index contributed by atoms with van der Waals surface area (Å²) >= 11 is 0. The van der Waals surface area contributed by atoms with E-state index in [0.29, 0.717) is 17.1 Å². The number of hydrogen-bond donors (Lipinski definition) is 0. The maximum Gasteiger partial charge on any atom is 0.155 e. The van der Waals surface area contributed by atoms with Gasteiger partial charge in [0.15, 0.2) is 5.78 Å². The Morgan fingerprint density at radius 3 is 2.68 bits per heavy atom. The lowest BCUT2D eigenvalue weighted by molar-refractivity contribution is -0.116. The van der Waals surface area contributed by atoms with Gasteiger partial charge in [0.25, 0.3) is 0 Å². The van der Waals surface area contributed by atoms with E-state index in [4.69, 9.17) is 6.42 Å². The molecule has 0 radical (unpaired) electrons. The molecule has 1 nitrogen and oxygen atoms in total. The first-order valence-corrected chi connectivity index (χ1v) is 9.19. The molecule has 0 amide bonds. The Kier molecular flexibility index (Phi) is 3.13. The summed E-state index contributed by atoms with van der Waals surface area (Å²) in [7, 11) is 0. The zero-order valence-electron chi connectivity index (χ0n) is 14.0. The number of terminal acetylenes is 1. The summed E-state index contributed by atoms with van der Waals surface area (Å²) in [6, 6.07) is 0. The average Bonchev–Trinajstić information content (AvgIpc) is 2.79. The van der Waals surface area contributed by atoms with Crippen molar-refractivity contribution in [2.75, 3.05) is 0 Å². The van der Waals surface area contributed by atoms with Crippen LogP contribution in [0.5, 0.6) is 0 Å². The molecule has 4 aliphatic rings. The molecule has 0 aromatic heterocycles. The van der Waals surface area contributed by atoms with Crippen molar-refractivity contribution in [3.63, 3.8) is 0 Å². The number of hydrogen-bond acceptors (Lipinski definition) is 1. The minimum absolute atomic E-state index is 0.0985. The molecule has 1 heteroatoms. The Morgan fingerprint density at radius 1 is 1.09 bits per heavy atom. The van der Waals surface area contributed by atoms with Gasteiger partial charge in [0.2, 0.25) is 0 Å². The summed E-state index contributed by atoms with van der Waals surface area (Å²) in [5.74, 6) is 6.74. The predicted molar refractivity (Wildman–Crippen MR) is 89.0 cm³/mol. The molecule has 4 aliphatic carbocycles. The molecule has 0 bridgehead atoms. The Morgan fingerprint density at radius 2 is 1.91 bits per heavy atom. The summed E-state index contributed by atoms with van der Waals surface area (Å²) in [4.78, 5) is 11.7. The molecule has 0 aliphatic heterocycles. The monoisotopic (exact) mass is 296 g/mol. The average molecular weight is 296 g/mol. The Bertz CT molecular complexity index is 579. The van der Waals surface area contributed by atoms with E-state index in [1.165, 1.54) is 37.7 Å². The summed E-state index contributed by atoms with van der Waals surface area (Å²) in [6.07, 6.45) is 17.4. The SMILES string of the molecule is C#C[C@]1(C)CC[C@H]2[C@@H]3CCC4=CC(=O)CC[C@@H]4[C@H]3CC[C@@]21C. The Hall–Kier alpha value is -1.03. The van der Waals surface area contributed by atoms with Gasteiger partial charge < -0.3 is 0 Å². The van der Waals surface area contributed by atoms with Crippen LogP contribution in [-0.4, -0.2) is 5.78 Å². The van der Waals surface area contributed by atoms with Crippen LogP contribution < -0.4 is 0 Å². The van der Waals surface area contributed by atoms with Gasteiger partial charge in [-0.1, -0.05) is 18.4 Å². The molecule has 0 saturated heterocycles. The highest BCUT2D eigenvalue weighted by Gasteiger charge is 2.60. The van der Waals surface area contributed by atoms with E-state index in [1.54, 1.807) is 0 Å². The van der Waals surface area contributed by atoms with E-state index < -0.39 is 0 Å². The third-order valence-electron chi connectivity index (χ3n) is 8.22. The smallest absolute Gasteiger partial charge is 0.155 e. The van der Waals surface area contributed by atoms with Gasteiger partial charge in [-0.2, -0.15) is 0 Å². The molecule has 118 valence electrons. The van der Waals surface area contributed by atoms with Crippen LogP contribution in [0.15, 0.2) is 11.6 Å². The van der Waals surface area contributed by atoms with Crippen molar-refractivity contribution in [3.8, 4) is 12.3 Å². The topological polar surface area (TPSA) is 17.1 Å². The van der Waals surface area contributed by atoms with Crippen LogP contribution >= 0.6 is 0 Å². The van der Waals surface area contributed by atoms with E-state index in [1.807, 2.05) is 6.08 Å². The van der Waals surface area contributed by atoms with Crippen molar-refractivity contribution in [3.05, 3.63) is 11.6 Å². The molecule has 0 spiro atoms. The molecule has 3 fully saturated rings. The maximum absolute atomic E-state index is 11.7. The summed E-state index contributed by atoms with van der Waals surface area (Å²) in [5, 5.41) is 0. The van der Waals surface area contributed by atoms with E-state index in [0.717, 1.165) is 37.0 Å². The van der Waals surface area contributed by atoms with E-state index >= 15 is 0 Å². The van der Waals surface area contributed by atoms with Crippen LogP contribution in [0.4, 0.5) is 0 Å². The standard InChI is InChI=1S/C21H28O/c1-4-20(2)11-10-19-18-7-5-14-13-15(22)6-8-16(14)17(18)9-12-21(19,20)3/h1,13,16-19H,5-12H2,2-3H3/t16-,17+,18+,19-,20+,21-/m0/s1. The fourth-order valence-electron chi connectivity index (χ4n) is 6.69. The zero-order chi connectivity index (χ0) is 15.5. The van der Waals surface area contributed by atoms with Gasteiger partial charge in [-0.3, -0.25) is 4.79 Å². The van der Waals surface area contributed by atoms with Crippen LogP contribution in [0.3, 0.4) is 0 Å². The molecular weight excluding hydrogens is 268 g/mol. The fraction of sp³-hybridized carbons (Fsp3) is 0.762. The third kappa shape index (κ3) is 1.76. The minimum atomic E-state index is 0.0985. The number of ketones is 1. The molecule has 6 atom stereocenters. The Balaban J connectivity index is 1.65. The van der Waals surface area contributed by atoms with Crippen LogP contribution in [0, 0.1) is 46.8 Å². The molecule has 0 aromatic rings. The quantitative estimate of drug-likeness (QED) is 0.589.